The predicted octanol–water partition coefficient (Wildman–Crippen LogP) is 12.9. The molecule has 3 aliphatic rings. The van der Waals surface area contributed by atoms with Crippen molar-refractivity contribution in [3.63, 3.8) is 0 Å². The summed E-state index contributed by atoms with van der Waals surface area (Å²) < 4.78 is 0. The number of aryl methyl sites for hydroxylation is 2. The van der Waals surface area contributed by atoms with E-state index in [0.29, 0.717) is 5.69 Å². The molecule has 0 N–H and O–H groups in total. The molecule has 0 spiro atoms. The molecule has 0 bridgehead atoms. The lowest BCUT2D eigenvalue weighted by atomic mass is 9.66. The molecule has 2 aliphatic heterocycles. The molecule has 0 amide bonds. The van der Waals surface area contributed by atoms with E-state index in [2.05, 4.69) is 166 Å². The molecule has 0 fully saturated rings. The van der Waals surface area contributed by atoms with Gasteiger partial charge in [0.25, 0.3) is 0 Å². The fourth-order valence-corrected chi connectivity index (χ4v) is 10.4. The van der Waals surface area contributed by atoms with Gasteiger partial charge in [-0.1, -0.05) is 109 Å². The van der Waals surface area contributed by atoms with E-state index in [0.717, 1.165) is 44.3 Å². The molecule has 8 aromatic carbocycles. The largest absolute Gasteiger partial charge is 0.341 e. The van der Waals surface area contributed by atoms with E-state index in [4.69, 9.17) is 6.57 Å². The van der Waals surface area contributed by atoms with Crippen molar-refractivity contribution >= 4 is 50.0 Å². The monoisotopic (exact) mass is 730 g/mol. The third kappa shape index (κ3) is 4.91. The van der Waals surface area contributed by atoms with Crippen LogP contribution in [0.25, 0.3) is 37.5 Å². The Labute approximate surface area is 333 Å². The first-order valence-corrected chi connectivity index (χ1v) is 20.0. The zero-order chi connectivity index (χ0) is 38.1. The number of fused-ring (bicyclic) bond motifs is 10. The molecule has 0 saturated heterocycles. The molecule has 0 saturated carbocycles. The van der Waals surface area contributed by atoms with Crippen molar-refractivity contribution in [2.45, 2.75) is 31.1 Å². The lowest BCUT2D eigenvalue weighted by Gasteiger charge is -2.37. The van der Waals surface area contributed by atoms with Crippen LogP contribution in [0.15, 0.2) is 158 Å². The Morgan fingerprint density at radius 2 is 1.18 bits per heavy atom. The fraction of sp³-hybridized carbons (Fsp3) is 0.132. The topological polar surface area (TPSA) is 34.6 Å². The highest BCUT2D eigenvalue weighted by Crippen LogP contribution is 2.61. The average molecular weight is 731 g/mol. The number of nitrogens with zero attached hydrogens (tertiary/aromatic N) is 4. The summed E-state index contributed by atoms with van der Waals surface area (Å²) in [5.41, 5.74) is 15.7. The summed E-state index contributed by atoms with van der Waals surface area (Å²) in [7, 11) is 0. The predicted molar refractivity (Wildman–Crippen MR) is 233 cm³/mol. The highest BCUT2D eigenvalue weighted by molar-refractivity contribution is 6.20. The van der Waals surface area contributed by atoms with Crippen LogP contribution in [0.3, 0.4) is 0 Å². The number of hydrogen-bond acceptors (Lipinski definition) is 3. The Morgan fingerprint density at radius 3 is 1.86 bits per heavy atom. The minimum atomic E-state index is -0.606. The maximum absolute atomic E-state index is 9.65. The van der Waals surface area contributed by atoms with Gasteiger partial charge in [0.2, 0.25) is 0 Å². The molecule has 0 radical (unpaired) electrons. The van der Waals surface area contributed by atoms with Crippen LogP contribution in [0.1, 0.15) is 51.8 Å². The maximum Gasteiger partial charge on any atom is 0.187 e. The molecule has 0 atom stereocenters. The van der Waals surface area contributed by atoms with E-state index in [1.54, 1.807) is 0 Å². The minimum absolute atomic E-state index is 0.606. The van der Waals surface area contributed by atoms with Crippen LogP contribution in [0.5, 0.6) is 0 Å². The van der Waals surface area contributed by atoms with Gasteiger partial charge in [0.1, 0.15) is 0 Å². The van der Waals surface area contributed by atoms with Crippen LogP contribution in [-0.2, 0) is 18.3 Å². The van der Waals surface area contributed by atoms with Crippen molar-refractivity contribution in [2.24, 2.45) is 0 Å². The van der Waals surface area contributed by atoms with Crippen molar-refractivity contribution in [2.75, 3.05) is 22.9 Å². The number of benzene rings is 8. The van der Waals surface area contributed by atoms with Gasteiger partial charge in [-0.3, -0.25) is 0 Å². The summed E-state index contributed by atoms with van der Waals surface area (Å²) in [6.07, 6.45) is 4.03. The standard InChI is InChI=1S/C53H38N4/c1-55-40-21-27-50-37(31-40)13-11-29-57(50)42-23-25-46-48(33-42)53(38-14-4-2-5-15-38,39-16-6-3-7-17-39)52-45-24-22-41(32-47(45)43-18-8-9-19-44(43)51(46)52)56-28-10-12-36-30-35(34-54)20-26-49(36)56/h2-9,14-27,30-33H,10-13,28-29H2. The average Bonchev–Trinajstić information content (AvgIpc) is 3.60. The molecule has 4 nitrogen and oxygen atoms in total. The van der Waals surface area contributed by atoms with Crippen LogP contribution >= 0.6 is 0 Å². The highest BCUT2D eigenvalue weighted by atomic mass is 15.1. The quantitative estimate of drug-likeness (QED) is 0.134. The van der Waals surface area contributed by atoms with E-state index in [9.17, 15) is 5.26 Å². The van der Waals surface area contributed by atoms with E-state index in [-0.39, 0.29) is 0 Å². The van der Waals surface area contributed by atoms with Crippen molar-refractivity contribution in [1.29, 1.82) is 5.26 Å². The Morgan fingerprint density at radius 1 is 0.561 bits per heavy atom. The Kier molecular flexibility index (Phi) is 7.56. The molecule has 4 heteroatoms. The van der Waals surface area contributed by atoms with Gasteiger partial charge in [-0.2, -0.15) is 5.26 Å². The van der Waals surface area contributed by atoms with Crippen molar-refractivity contribution in [3.05, 3.63) is 208 Å². The van der Waals surface area contributed by atoms with Gasteiger partial charge in [-0.05, 0) is 140 Å². The fourth-order valence-electron chi connectivity index (χ4n) is 10.4. The molecule has 0 unspecified atom stereocenters. The lowest BCUT2D eigenvalue weighted by molar-refractivity contribution is 0.759. The third-order valence-electron chi connectivity index (χ3n) is 12.7. The molecular formula is C53H38N4. The van der Waals surface area contributed by atoms with E-state index in [1.165, 1.54) is 88.8 Å². The molecule has 57 heavy (non-hydrogen) atoms. The molecule has 8 aromatic rings. The van der Waals surface area contributed by atoms with E-state index in [1.807, 2.05) is 12.1 Å². The molecule has 270 valence electrons. The smallest absolute Gasteiger partial charge is 0.187 e. The number of nitriles is 1. The second-order valence-electron chi connectivity index (χ2n) is 15.6. The van der Waals surface area contributed by atoms with Gasteiger partial charge in [-0.15, -0.1) is 0 Å². The first kappa shape index (κ1) is 33.2. The summed E-state index contributed by atoms with van der Waals surface area (Å²) in [4.78, 5) is 8.66. The van der Waals surface area contributed by atoms with E-state index >= 15 is 0 Å². The van der Waals surface area contributed by atoms with Crippen LogP contribution in [0, 0.1) is 17.9 Å². The number of rotatable bonds is 4. The van der Waals surface area contributed by atoms with Crippen LogP contribution in [0.2, 0.25) is 0 Å². The Balaban J connectivity index is 1.21. The van der Waals surface area contributed by atoms with Crippen molar-refractivity contribution in [3.8, 4) is 17.2 Å². The SMILES string of the molecule is [C-]#[N+]c1ccc2c(c1)CCCN2c1ccc2c(c1)C(c1ccccc1)(c1ccccc1)c1c-2c2ccccc2c2cc(N3CCCc4cc(C#N)ccc43)ccc12. The summed E-state index contributed by atoms with van der Waals surface area (Å²) in [5, 5.41) is 14.7. The Hall–Kier alpha value is -7.14. The zero-order valence-electron chi connectivity index (χ0n) is 31.5. The van der Waals surface area contributed by atoms with Gasteiger partial charge in [0, 0.05) is 35.8 Å². The van der Waals surface area contributed by atoms with Crippen LogP contribution < -0.4 is 9.80 Å². The zero-order valence-corrected chi connectivity index (χ0v) is 31.5. The summed E-state index contributed by atoms with van der Waals surface area (Å²) in [6, 6.07) is 60.2. The summed E-state index contributed by atoms with van der Waals surface area (Å²) in [5.74, 6) is 0. The Bertz CT molecular complexity index is 2970. The van der Waals surface area contributed by atoms with Gasteiger partial charge in [0.15, 0.2) is 5.69 Å². The number of anilines is 4. The van der Waals surface area contributed by atoms with Gasteiger partial charge >= 0.3 is 0 Å². The van der Waals surface area contributed by atoms with Crippen LogP contribution in [-0.4, -0.2) is 13.1 Å². The normalized spacial score (nSPS) is 15.0. The highest BCUT2D eigenvalue weighted by Gasteiger charge is 2.48. The maximum atomic E-state index is 9.65. The minimum Gasteiger partial charge on any atom is -0.341 e. The summed E-state index contributed by atoms with van der Waals surface area (Å²) >= 11 is 0. The lowest BCUT2D eigenvalue weighted by Crippen LogP contribution is -2.30. The summed E-state index contributed by atoms with van der Waals surface area (Å²) in [6.45, 7) is 9.50. The van der Waals surface area contributed by atoms with Gasteiger partial charge < -0.3 is 9.80 Å². The van der Waals surface area contributed by atoms with E-state index < -0.39 is 5.41 Å². The molecule has 11 rings (SSSR count). The third-order valence-corrected chi connectivity index (χ3v) is 12.7. The second-order valence-corrected chi connectivity index (χ2v) is 15.6. The second kappa shape index (κ2) is 13.0. The first-order valence-electron chi connectivity index (χ1n) is 20.0. The molecular weight excluding hydrogens is 693 g/mol. The molecule has 2 heterocycles. The van der Waals surface area contributed by atoms with Gasteiger partial charge in [0.05, 0.1) is 23.6 Å². The molecule has 1 aliphatic carbocycles. The van der Waals surface area contributed by atoms with Gasteiger partial charge in [-0.25, -0.2) is 4.85 Å². The van der Waals surface area contributed by atoms with Crippen LogP contribution in [0.4, 0.5) is 28.4 Å². The van der Waals surface area contributed by atoms with Crippen molar-refractivity contribution < 1.29 is 0 Å². The van der Waals surface area contributed by atoms with Crippen molar-refractivity contribution in [1.82, 2.24) is 0 Å². The first-order chi connectivity index (χ1) is 28.2. The molecule has 0 aromatic heterocycles. The number of hydrogen-bond donors (Lipinski definition) is 0.